The molecule has 154 valence electrons. The van der Waals surface area contributed by atoms with Gasteiger partial charge in [-0.3, -0.25) is 4.79 Å². The van der Waals surface area contributed by atoms with E-state index in [2.05, 4.69) is 0 Å². The van der Waals surface area contributed by atoms with Crippen molar-refractivity contribution in [1.29, 1.82) is 0 Å². The third-order valence-electron chi connectivity index (χ3n) is 6.84. The standard InChI is InChI=1S/C25H25FN2O2/c26-18-10-8-17(9-11-18)22-15-20(19-5-1-2-6-21(19)27-22)24(30)28-14-4-13-25(16-28)12-3-7-23(25)29/h1-2,5-6,8-11,15,23,29H,3-4,7,12-14,16H2/t23-,25-/m1/s1. The number of aliphatic hydroxyl groups is 1. The molecule has 1 spiro atoms. The Bertz CT molecular complexity index is 1100. The number of aromatic nitrogens is 1. The maximum Gasteiger partial charge on any atom is 0.254 e. The van der Waals surface area contributed by atoms with Crippen molar-refractivity contribution in [3.8, 4) is 11.3 Å². The number of fused-ring (bicyclic) bond motifs is 1. The first kappa shape index (κ1) is 19.2. The molecule has 2 atom stereocenters. The zero-order valence-corrected chi connectivity index (χ0v) is 16.9. The Balaban J connectivity index is 1.55. The van der Waals surface area contributed by atoms with Gasteiger partial charge >= 0.3 is 0 Å². The minimum atomic E-state index is -0.322. The van der Waals surface area contributed by atoms with Crippen LogP contribution in [-0.2, 0) is 0 Å². The summed E-state index contributed by atoms with van der Waals surface area (Å²) < 4.78 is 13.4. The molecule has 0 radical (unpaired) electrons. The molecule has 0 unspecified atom stereocenters. The summed E-state index contributed by atoms with van der Waals surface area (Å²) in [7, 11) is 0. The average molecular weight is 404 g/mol. The molecule has 1 amide bonds. The van der Waals surface area contributed by atoms with Gasteiger partial charge in [0.2, 0.25) is 0 Å². The number of halogens is 1. The fourth-order valence-corrected chi connectivity index (χ4v) is 5.22. The molecule has 2 aromatic carbocycles. The van der Waals surface area contributed by atoms with Crippen molar-refractivity contribution >= 4 is 16.8 Å². The first-order chi connectivity index (χ1) is 14.6. The summed E-state index contributed by atoms with van der Waals surface area (Å²) in [6.45, 7) is 1.31. The first-order valence-corrected chi connectivity index (χ1v) is 10.7. The van der Waals surface area contributed by atoms with Crippen molar-refractivity contribution in [2.45, 2.75) is 38.2 Å². The monoisotopic (exact) mass is 404 g/mol. The first-order valence-electron chi connectivity index (χ1n) is 10.7. The van der Waals surface area contributed by atoms with Gasteiger partial charge in [-0.25, -0.2) is 9.37 Å². The molecule has 2 fully saturated rings. The third kappa shape index (κ3) is 3.27. The minimum Gasteiger partial charge on any atom is -0.392 e. The van der Waals surface area contributed by atoms with E-state index in [0.717, 1.165) is 48.6 Å². The summed E-state index contributed by atoms with van der Waals surface area (Å²) in [6, 6.07) is 15.7. The van der Waals surface area contributed by atoms with Crippen LogP contribution in [0.25, 0.3) is 22.2 Å². The van der Waals surface area contributed by atoms with Crippen LogP contribution in [0.3, 0.4) is 0 Å². The Labute approximate surface area is 175 Å². The van der Waals surface area contributed by atoms with Gasteiger partial charge in [0, 0.05) is 29.5 Å². The predicted octanol–water partition coefficient (Wildman–Crippen LogP) is 4.81. The lowest BCUT2D eigenvalue weighted by Gasteiger charge is -2.42. The summed E-state index contributed by atoms with van der Waals surface area (Å²) in [5, 5.41) is 11.4. The molecule has 1 aliphatic heterocycles. The van der Waals surface area contributed by atoms with Gasteiger partial charge in [-0.15, -0.1) is 0 Å². The topological polar surface area (TPSA) is 53.4 Å². The molecule has 2 aliphatic rings. The second kappa shape index (κ2) is 7.47. The fraction of sp³-hybridized carbons (Fsp3) is 0.360. The zero-order chi connectivity index (χ0) is 20.7. The van der Waals surface area contributed by atoms with E-state index in [1.807, 2.05) is 35.2 Å². The van der Waals surface area contributed by atoms with Crippen molar-refractivity contribution in [3.05, 3.63) is 66.0 Å². The minimum absolute atomic E-state index is 0.0184. The molecule has 5 heteroatoms. The predicted molar refractivity (Wildman–Crippen MR) is 115 cm³/mol. The number of para-hydroxylation sites is 1. The van der Waals surface area contributed by atoms with Gasteiger partial charge in [0.15, 0.2) is 0 Å². The molecule has 30 heavy (non-hydrogen) atoms. The third-order valence-corrected chi connectivity index (χ3v) is 6.84. The summed E-state index contributed by atoms with van der Waals surface area (Å²) in [5.74, 6) is -0.320. The molecule has 5 rings (SSSR count). The quantitative estimate of drug-likeness (QED) is 0.667. The van der Waals surface area contributed by atoms with Crippen LogP contribution < -0.4 is 0 Å². The van der Waals surface area contributed by atoms with Gasteiger partial charge in [-0.2, -0.15) is 0 Å². The lowest BCUT2D eigenvalue weighted by atomic mass is 9.76. The van der Waals surface area contributed by atoms with E-state index in [1.54, 1.807) is 12.1 Å². The van der Waals surface area contributed by atoms with Gasteiger partial charge < -0.3 is 10.0 Å². The Morgan fingerprint density at radius 3 is 2.63 bits per heavy atom. The highest BCUT2D eigenvalue weighted by molar-refractivity contribution is 6.07. The molecule has 1 saturated heterocycles. The Morgan fingerprint density at radius 1 is 1.10 bits per heavy atom. The molecular formula is C25H25FN2O2. The second-order valence-electron chi connectivity index (χ2n) is 8.68. The largest absolute Gasteiger partial charge is 0.392 e. The summed E-state index contributed by atoms with van der Waals surface area (Å²) in [4.78, 5) is 20.3. The number of pyridine rings is 1. The number of carbonyl (C=O) groups excluding carboxylic acids is 1. The number of rotatable bonds is 2. The van der Waals surface area contributed by atoms with Crippen molar-refractivity contribution in [1.82, 2.24) is 9.88 Å². The number of piperidine rings is 1. The highest BCUT2D eigenvalue weighted by atomic mass is 19.1. The van der Waals surface area contributed by atoms with Crippen LogP contribution >= 0.6 is 0 Å². The molecule has 1 aliphatic carbocycles. The number of hydrogen-bond acceptors (Lipinski definition) is 3. The van der Waals surface area contributed by atoms with Crippen molar-refractivity contribution in [2.75, 3.05) is 13.1 Å². The molecule has 4 nitrogen and oxygen atoms in total. The van der Waals surface area contributed by atoms with E-state index in [4.69, 9.17) is 4.98 Å². The van der Waals surface area contributed by atoms with E-state index in [0.29, 0.717) is 24.3 Å². The van der Waals surface area contributed by atoms with Gasteiger partial charge in [0.05, 0.1) is 22.9 Å². The van der Waals surface area contributed by atoms with Gasteiger partial charge in [-0.05, 0) is 62.1 Å². The zero-order valence-electron chi connectivity index (χ0n) is 16.9. The number of benzene rings is 2. The van der Waals surface area contributed by atoms with E-state index in [1.165, 1.54) is 12.1 Å². The van der Waals surface area contributed by atoms with Gasteiger partial charge in [0.25, 0.3) is 5.91 Å². The molecule has 1 N–H and O–H groups in total. The van der Waals surface area contributed by atoms with Crippen molar-refractivity contribution < 1.29 is 14.3 Å². The number of aliphatic hydroxyl groups excluding tert-OH is 1. The van der Waals surface area contributed by atoms with Crippen LogP contribution in [0, 0.1) is 11.2 Å². The van der Waals surface area contributed by atoms with E-state index >= 15 is 0 Å². The summed E-state index contributed by atoms with van der Waals surface area (Å²) >= 11 is 0. The second-order valence-corrected chi connectivity index (χ2v) is 8.68. The van der Waals surface area contributed by atoms with Crippen LogP contribution in [0.15, 0.2) is 54.6 Å². The number of carbonyl (C=O) groups is 1. The highest BCUT2D eigenvalue weighted by Gasteiger charge is 2.45. The Kier molecular flexibility index (Phi) is 4.78. The van der Waals surface area contributed by atoms with Crippen molar-refractivity contribution in [3.63, 3.8) is 0 Å². The average Bonchev–Trinajstić information content (AvgIpc) is 3.12. The normalized spacial score (nSPS) is 23.9. The van der Waals surface area contributed by atoms with Crippen molar-refractivity contribution in [2.24, 2.45) is 5.41 Å². The van der Waals surface area contributed by atoms with Crippen LogP contribution in [0.4, 0.5) is 4.39 Å². The smallest absolute Gasteiger partial charge is 0.254 e. The van der Waals surface area contributed by atoms with Crippen LogP contribution in [0.2, 0.25) is 0 Å². The molecule has 3 aromatic rings. The molecule has 2 heterocycles. The van der Waals surface area contributed by atoms with E-state index < -0.39 is 0 Å². The number of likely N-dealkylation sites (tertiary alicyclic amines) is 1. The maximum atomic E-state index is 13.7. The van der Waals surface area contributed by atoms with Crippen LogP contribution in [-0.4, -0.2) is 40.1 Å². The lowest BCUT2D eigenvalue weighted by molar-refractivity contribution is -0.00529. The molecule has 1 aromatic heterocycles. The Hall–Kier alpha value is -2.79. The fourth-order valence-electron chi connectivity index (χ4n) is 5.22. The van der Waals surface area contributed by atoms with Gasteiger partial charge in [-0.1, -0.05) is 24.6 Å². The summed E-state index contributed by atoms with van der Waals surface area (Å²) in [6.07, 6.45) is 4.41. The van der Waals surface area contributed by atoms with E-state index in [-0.39, 0.29) is 23.2 Å². The highest BCUT2D eigenvalue weighted by Crippen LogP contribution is 2.45. The van der Waals surface area contributed by atoms with Crippen LogP contribution in [0.5, 0.6) is 0 Å². The maximum absolute atomic E-state index is 13.7. The lowest BCUT2D eigenvalue weighted by Crippen LogP contribution is -2.49. The molecule has 0 bridgehead atoms. The molecule has 1 saturated carbocycles. The van der Waals surface area contributed by atoms with Gasteiger partial charge in [0.1, 0.15) is 5.82 Å². The Morgan fingerprint density at radius 2 is 1.87 bits per heavy atom. The van der Waals surface area contributed by atoms with E-state index in [9.17, 15) is 14.3 Å². The number of amides is 1. The van der Waals surface area contributed by atoms with Crippen LogP contribution in [0.1, 0.15) is 42.5 Å². The SMILES string of the molecule is O=C(c1cc(-c2ccc(F)cc2)nc2ccccc12)N1CCC[C@]2(CCC[C@H]2O)C1. The molecular weight excluding hydrogens is 379 g/mol. The number of nitrogens with zero attached hydrogens (tertiary/aromatic N) is 2. The summed E-state index contributed by atoms with van der Waals surface area (Å²) in [5.41, 5.74) is 2.64. The number of hydrogen-bond donors (Lipinski definition) is 1.